The van der Waals surface area contributed by atoms with Gasteiger partial charge in [0.25, 0.3) is 0 Å². The molecule has 114 valence electrons. The molecular formula is C16H18N4O2. The molecule has 2 heterocycles. The maximum absolute atomic E-state index is 12.3. The molecule has 6 nitrogen and oxygen atoms in total. The molecule has 1 aliphatic heterocycles. The van der Waals surface area contributed by atoms with Gasteiger partial charge in [0.2, 0.25) is 11.8 Å². The number of nitrogens with one attached hydrogen (secondary N) is 1. The molecule has 6 heteroatoms. The molecule has 1 unspecified atom stereocenters. The SMILES string of the molecule is CC(C(=O)Nc1cccc(N2CCCC2=O)c1)n1cccn1. The Kier molecular flexibility index (Phi) is 3.91. The van der Waals surface area contributed by atoms with Crippen LogP contribution in [-0.4, -0.2) is 28.1 Å². The summed E-state index contributed by atoms with van der Waals surface area (Å²) in [4.78, 5) is 25.8. The summed E-state index contributed by atoms with van der Waals surface area (Å²) in [5.74, 6) is -0.0121. The summed E-state index contributed by atoms with van der Waals surface area (Å²) in [6, 6.07) is 8.76. The van der Waals surface area contributed by atoms with Crippen LogP contribution in [0, 0.1) is 0 Å². The van der Waals surface area contributed by atoms with Crippen LogP contribution in [0.5, 0.6) is 0 Å². The largest absolute Gasteiger partial charge is 0.324 e. The van der Waals surface area contributed by atoms with Crippen molar-refractivity contribution < 1.29 is 9.59 Å². The van der Waals surface area contributed by atoms with Crippen LogP contribution < -0.4 is 10.2 Å². The predicted octanol–water partition coefficient (Wildman–Crippen LogP) is 2.21. The van der Waals surface area contributed by atoms with E-state index in [-0.39, 0.29) is 11.8 Å². The summed E-state index contributed by atoms with van der Waals surface area (Å²) >= 11 is 0. The molecule has 1 aromatic carbocycles. The second kappa shape index (κ2) is 6.01. The van der Waals surface area contributed by atoms with Gasteiger partial charge in [0, 0.05) is 36.7 Å². The standard InChI is InChI=1S/C16H18N4O2/c1-12(20-10-4-8-17-20)16(22)18-13-5-2-6-14(11-13)19-9-3-7-15(19)21/h2,4-6,8,10-12H,3,7,9H2,1H3,(H,18,22). The summed E-state index contributed by atoms with van der Waals surface area (Å²) in [5.41, 5.74) is 1.51. The quantitative estimate of drug-likeness (QED) is 0.941. The minimum atomic E-state index is -0.396. The fraction of sp³-hybridized carbons (Fsp3) is 0.312. The molecule has 0 radical (unpaired) electrons. The lowest BCUT2D eigenvalue weighted by Gasteiger charge is -2.17. The highest BCUT2D eigenvalue weighted by molar-refractivity contribution is 5.97. The van der Waals surface area contributed by atoms with Crippen molar-refractivity contribution in [3.05, 3.63) is 42.7 Å². The van der Waals surface area contributed by atoms with E-state index in [0.29, 0.717) is 12.1 Å². The van der Waals surface area contributed by atoms with E-state index in [1.165, 1.54) is 0 Å². The van der Waals surface area contributed by atoms with Crippen molar-refractivity contribution >= 4 is 23.2 Å². The Morgan fingerprint density at radius 1 is 1.36 bits per heavy atom. The van der Waals surface area contributed by atoms with Gasteiger partial charge in [-0.2, -0.15) is 5.10 Å². The number of benzene rings is 1. The lowest BCUT2D eigenvalue weighted by atomic mass is 10.2. The van der Waals surface area contributed by atoms with Gasteiger partial charge in [0.1, 0.15) is 6.04 Å². The first kappa shape index (κ1) is 14.3. The Balaban J connectivity index is 1.73. The van der Waals surface area contributed by atoms with Gasteiger partial charge in [0.15, 0.2) is 0 Å². The third kappa shape index (κ3) is 2.86. The minimum absolute atomic E-state index is 0.133. The summed E-state index contributed by atoms with van der Waals surface area (Å²) < 4.78 is 1.60. The Morgan fingerprint density at radius 2 is 2.23 bits per heavy atom. The Morgan fingerprint density at radius 3 is 2.91 bits per heavy atom. The van der Waals surface area contributed by atoms with Crippen molar-refractivity contribution in [2.45, 2.75) is 25.8 Å². The second-order valence-electron chi connectivity index (χ2n) is 5.35. The molecule has 1 N–H and O–H groups in total. The minimum Gasteiger partial charge on any atom is -0.324 e. The smallest absolute Gasteiger partial charge is 0.248 e. The molecule has 0 spiro atoms. The highest BCUT2D eigenvalue weighted by Gasteiger charge is 2.22. The van der Waals surface area contributed by atoms with E-state index in [1.54, 1.807) is 35.0 Å². The number of amides is 2. The number of hydrogen-bond acceptors (Lipinski definition) is 3. The highest BCUT2D eigenvalue weighted by Crippen LogP contribution is 2.24. The third-order valence-electron chi connectivity index (χ3n) is 3.80. The number of carbonyl (C=O) groups excluding carboxylic acids is 2. The molecule has 1 fully saturated rings. The topological polar surface area (TPSA) is 67.2 Å². The maximum Gasteiger partial charge on any atom is 0.248 e. The molecule has 1 aromatic heterocycles. The Hall–Kier alpha value is -2.63. The lowest BCUT2D eigenvalue weighted by Crippen LogP contribution is -2.25. The maximum atomic E-state index is 12.3. The summed E-state index contributed by atoms with van der Waals surface area (Å²) in [7, 11) is 0. The van der Waals surface area contributed by atoms with E-state index in [9.17, 15) is 9.59 Å². The molecular weight excluding hydrogens is 280 g/mol. The molecule has 2 aromatic rings. The molecule has 22 heavy (non-hydrogen) atoms. The third-order valence-corrected chi connectivity index (χ3v) is 3.80. The van der Waals surface area contributed by atoms with Gasteiger partial charge in [-0.3, -0.25) is 14.3 Å². The summed E-state index contributed by atoms with van der Waals surface area (Å²) in [5, 5.41) is 6.94. The average molecular weight is 298 g/mol. The first-order valence-corrected chi connectivity index (χ1v) is 7.35. The van der Waals surface area contributed by atoms with Crippen LogP contribution in [0.1, 0.15) is 25.8 Å². The van der Waals surface area contributed by atoms with E-state index in [4.69, 9.17) is 0 Å². The van der Waals surface area contributed by atoms with Gasteiger partial charge >= 0.3 is 0 Å². The van der Waals surface area contributed by atoms with E-state index in [0.717, 1.165) is 18.7 Å². The van der Waals surface area contributed by atoms with Crippen LogP contribution in [0.25, 0.3) is 0 Å². The van der Waals surface area contributed by atoms with E-state index < -0.39 is 6.04 Å². The predicted molar refractivity (Wildman–Crippen MR) is 83.6 cm³/mol. The van der Waals surface area contributed by atoms with E-state index in [2.05, 4.69) is 10.4 Å². The van der Waals surface area contributed by atoms with Crippen molar-refractivity contribution in [3.8, 4) is 0 Å². The fourth-order valence-electron chi connectivity index (χ4n) is 2.55. The van der Waals surface area contributed by atoms with Gasteiger partial charge in [0.05, 0.1) is 0 Å². The zero-order chi connectivity index (χ0) is 15.5. The molecule has 1 aliphatic rings. The monoisotopic (exact) mass is 298 g/mol. The van der Waals surface area contributed by atoms with Crippen molar-refractivity contribution in [1.82, 2.24) is 9.78 Å². The van der Waals surface area contributed by atoms with Crippen LogP contribution in [0.15, 0.2) is 42.7 Å². The number of rotatable bonds is 4. The second-order valence-corrected chi connectivity index (χ2v) is 5.35. The van der Waals surface area contributed by atoms with Crippen LogP contribution in [-0.2, 0) is 9.59 Å². The highest BCUT2D eigenvalue weighted by atomic mass is 16.2. The molecule has 0 saturated carbocycles. The number of aromatic nitrogens is 2. The molecule has 0 bridgehead atoms. The number of nitrogens with zero attached hydrogens (tertiary/aromatic N) is 3. The van der Waals surface area contributed by atoms with Crippen LogP contribution in [0.4, 0.5) is 11.4 Å². The molecule has 1 saturated heterocycles. The average Bonchev–Trinajstić information content (AvgIpc) is 3.18. The van der Waals surface area contributed by atoms with Crippen LogP contribution >= 0.6 is 0 Å². The van der Waals surface area contributed by atoms with E-state index >= 15 is 0 Å². The number of anilines is 2. The van der Waals surface area contributed by atoms with Crippen molar-refractivity contribution in [3.63, 3.8) is 0 Å². The van der Waals surface area contributed by atoms with Gasteiger partial charge < -0.3 is 10.2 Å². The number of hydrogen-bond donors (Lipinski definition) is 1. The van der Waals surface area contributed by atoms with Crippen molar-refractivity contribution in [1.29, 1.82) is 0 Å². The summed E-state index contributed by atoms with van der Waals surface area (Å²) in [6.45, 7) is 2.52. The van der Waals surface area contributed by atoms with Crippen molar-refractivity contribution in [2.75, 3.05) is 16.8 Å². The summed E-state index contributed by atoms with van der Waals surface area (Å²) in [6.07, 6.45) is 4.87. The van der Waals surface area contributed by atoms with Gasteiger partial charge in [-0.05, 0) is 37.6 Å². The molecule has 2 amide bonds. The van der Waals surface area contributed by atoms with Gasteiger partial charge in [-0.25, -0.2) is 0 Å². The van der Waals surface area contributed by atoms with Crippen molar-refractivity contribution in [2.24, 2.45) is 0 Å². The zero-order valence-electron chi connectivity index (χ0n) is 12.4. The Bertz CT molecular complexity index is 681. The molecule has 3 rings (SSSR count). The Labute approximate surface area is 128 Å². The first-order valence-electron chi connectivity index (χ1n) is 7.35. The van der Waals surface area contributed by atoms with Gasteiger partial charge in [-0.1, -0.05) is 6.07 Å². The lowest BCUT2D eigenvalue weighted by molar-refractivity contribution is -0.119. The van der Waals surface area contributed by atoms with Crippen LogP contribution in [0.2, 0.25) is 0 Å². The number of carbonyl (C=O) groups is 2. The molecule has 0 aliphatic carbocycles. The van der Waals surface area contributed by atoms with Crippen LogP contribution in [0.3, 0.4) is 0 Å². The molecule has 1 atom stereocenters. The normalized spacial score (nSPS) is 15.9. The zero-order valence-corrected chi connectivity index (χ0v) is 12.4. The van der Waals surface area contributed by atoms with Gasteiger partial charge in [-0.15, -0.1) is 0 Å². The van der Waals surface area contributed by atoms with E-state index in [1.807, 2.05) is 24.3 Å². The first-order chi connectivity index (χ1) is 10.6. The fourth-order valence-corrected chi connectivity index (χ4v) is 2.55.